The van der Waals surface area contributed by atoms with Crippen LogP contribution in [0.5, 0.6) is 5.75 Å². The highest BCUT2D eigenvalue weighted by Crippen LogP contribution is 2.36. The Hall–Kier alpha value is -2.30. The normalized spacial score (nSPS) is 21.3. The second-order valence-corrected chi connectivity index (χ2v) is 4.06. The molecule has 3 N–H and O–H groups in total. The lowest BCUT2D eigenvalue weighted by atomic mass is 9.83. The van der Waals surface area contributed by atoms with Crippen LogP contribution in [0.1, 0.15) is 12.0 Å². The van der Waals surface area contributed by atoms with Gasteiger partial charge in [-0.15, -0.1) is 0 Å². The van der Waals surface area contributed by atoms with Gasteiger partial charge in [0, 0.05) is 12.0 Å². The van der Waals surface area contributed by atoms with E-state index >= 15 is 0 Å². The molecule has 1 unspecified atom stereocenters. The molecule has 1 aromatic rings. The fourth-order valence-electron chi connectivity index (χ4n) is 2.10. The van der Waals surface area contributed by atoms with Gasteiger partial charge in [-0.1, -0.05) is 24.8 Å². The van der Waals surface area contributed by atoms with Crippen LogP contribution >= 0.6 is 0 Å². The molecule has 0 bridgehead atoms. The highest BCUT2D eigenvalue weighted by Gasteiger charge is 2.44. The molecule has 0 spiro atoms. The number of fused-ring (bicyclic) bond motifs is 1. The lowest BCUT2D eigenvalue weighted by Crippen LogP contribution is -2.56. The second kappa shape index (κ2) is 4.52. The summed E-state index contributed by atoms with van der Waals surface area (Å²) in [6, 6.07) is 7.03. The fourth-order valence-corrected chi connectivity index (χ4v) is 2.10. The molecule has 0 aliphatic carbocycles. The highest BCUT2D eigenvalue weighted by molar-refractivity contribution is 5.95. The number of hydrogen-bond donors (Lipinski definition) is 2. The molecule has 1 atom stereocenters. The van der Waals surface area contributed by atoms with Crippen molar-refractivity contribution in [1.82, 2.24) is 5.32 Å². The van der Waals surface area contributed by atoms with Gasteiger partial charge in [0.2, 0.25) is 11.8 Å². The molecule has 0 saturated heterocycles. The first-order chi connectivity index (χ1) is 8.60. The minimum atomic E-state index is -1.22. The van der Waals surface area contributed by atoms with E-state index in [0.29, 0.717) is 24.3 Å². The molecule has 1 aliphatic rings. The van der Waals surface area contributed by atoms with Crippen molar-refractivity contribution in [3.8, 4) is 5.75 Å². The number of hydrogen-bond acceptors (Lipinski definition) is 3. The van der Waals surface area contributed by atoms with Crippen molar-refractivity contribution in [3.05, 3.63) is 42.5 Å². The van der Waals surface area contributed by atoms with Crippen molar-refractivity contribution in [3.63, 3.8) is 0 Å². The summed E-state index contributed by atoms with van der Waals surface area (Å²) in [6.07, 6.45) is 1.42. The zero-order valence-corrected chi connectivity index (χ0v) is 9.81. The first-order valence-corrected chi connectivity index (χ1v) is 5.57. The molecule has 0 fully saturated rings. The van der Waals surface area contributed by atoms with Crippen LogP contribution in [0.15, 0.2) is 36.9 Å². The van der Waals surface area contributed by atoms with Crippen LogP contribution < -0.4 is 15.8 Å². The Morgan fingerprint density at radius 3 is 2.83 bits per heavy atom. The monoisotopic (exact) mass is 246 g/mol. The second-order valence-electron chi connectivity index (χ2n) is 4.06. The number of amides is 2. The van der Waals surface area contributed by atoms with Crippen molar-refractivity contribution in [2.45, 2.75) is 12.0 Å². The highest BCUT2D eigenvalue weighted by atomic mass is 16.5. The summed E-state index contributed by atoms with van der Waals surface area (Å²) in [6.45, 7) is 3.69. The number of para-hydroxylation sites is 1. The number of ether oxygens (including phenoxy) is 1. The van der Waals surface area contributed by atoms with Gasteiger partial charge in [-0.25, -0.2) is 0 Å². The summed E-state index contributed by atoms with van der Waals surface area (Å²) in [5, 5.41) is 2.63. The number of nitrogens with one attached hydrogen (secondary N) is 1. The van der Waals surface area contributed by atoms with Crippen LogP contribution in [-0.2, 0) is 15.1 Å². The molecule has 1 heterocycles. The summed E-state index contributed by atoms with van der Waals surface area (Å²) >= 11 is 0. The number of primary amides is 1. The molecule has 1 aromatic carbocycles. The predicted octanol–water partition coefficient (Wildman–Crippen LogP) is 0.452. The third-order valence-corrected chi connectivity index (χ3v) is 3.02. The van der Waals surface area contributed by atoms with Gasteiger partial charge in [-0.3, -0.25) is 9.59 Å². The SMILES string of the molecule is C=CC(=O)NC1(C(N)=O)CCOc2ccccc21. The van der Waals surface area contributed by atoms with E-state index < -0.39 is 17.4 Å². The van der Waals surface area contributed by atoms with E-state index in [1.165, 1.54) is 0 Å². The van der Waals surface area contributed by atoms with Gasteiger partial charge in [0.25, 0.3) is 0 Å². The summed E-state index contributed by atoms with van der Waals surface area (Å²) in [4.78, 5) is 23.3. The van der Waals surface area contributed by atoms with Gasteiger partial charge >= 0.3 is 0 Å². The Labute approximate surface area is 105 Å². The number of benzene rings is 1. The average Bonchev–Trinajstić information content (AvgIpc) is 2.38. The molecule has 1 aliphatic heterocycles. The van der Waals surface area contributed by atoms with Crippen molar-refractivity contribution >= 4 is 11.8 Å². The zero-order valence-electron chi connectivity index (χ0n) is 9.81. The molecule has 2 amide bonds. The molecule has 18 heavy (non-hydrogen) atoms. The molecular formula is C13H14N2O3. The van der Waals surface area contributed by atoms with Crippen LogP contribution in [0.3, 0.4) is 0 Å². The first-order valence-electron chi connectivity index (χ1n) is 5.57. The zero-order chi connectivity index (χ0) is 13.2. The molecule has 5 nitrogen and oxygen atoms in total. The standard InChI is InChI=1S/C13H14N2O3/c1-2-11(16)15-13(12(14)17)7-8-18-10-6-4-3-5-9(10)13/h2-6H,1,7-8H2,(H2,14,17)(H,15,16). The van der Waals surface area contributed by atoms with Gasteiger partial charge < -0.3 is 15.8 Å². The lowest BCUT2D eigenvalue weighted by Gasteiger charge is -2.36. The van der Waals surface area contributed by atoms with Gasteiger partial charge in [-0.05, 0) is 12.1 Å². The van der Waals surface area contributed by atoms with Gasteiger partial charge in [0.1, 0.15) is 5.75 Å². The maximum Gasteiger partial charge on any atom is 0.248 e. The van der Waals surface area contributed by atoms with E-state index in [-0.39, 0.29) is 0 Å². The van der Waals surface area contributed by atoms with Crippen molar-refractivity contribution < 1.29 is 14.3 Å². The Bertz CT molecular complexity index is 513. The molecule has 0 radical (unpaired) electrons. The molecular weight excluding hydrogens is 232 g/mol. The van der Waals surface area contributed by atoms with Gasteiger partial charge in [0.05, 0.1) is 6.61 Å². The first kappa shape index (κ1) is 12.2. The summed E-state index contributed by atoms with van der Waals surface area (Å²) in [5.74, 6) is -0.481. The third kappa shape index (κ3) is 1.84. The number of nitrogens with two attached hydrogens (primary N) is 1. The van der Waals surface area contributed by atoms with E-state index in [1.54, 1.807) is 24.3 Å². The van der Waals surface area contributed by atoms with Crippen LogP contribution in [0.4, 0.5) is 0 Å². The number of carbonyl (C=O) groups is 2. The Morgan fingerprint density at radius 1 is 1.44 bits per heavy atom. The molecule has 0 aromatic heterocycles. The average molecular weight is 246 g/mol. The maximum absolute atomic E-state index is 11.8. The van der Waals surface area contributed by atoms with E-state index in [9.17, 15) is 9.59 Å². The molecule has 94 valence electrons. The summed E-state index contributed by atoms with van der Waals surface area (Å²) in [5.41, 5.74) is 4.84. The number of rotatable bonds is 3. The van der Waals surface area contributed by atoms with E-state index in [2.05, 4.69) is 11.9 Å². The smallest absolute Gasteiger partial charge is 0.248 e. The van der Waals surface area contributed by atoms with Gasteiger partial charge in [0.15, 0.2) is 5.54 Å². The Morgan fingerprint density at radius 2 is 2.17 bits per heavy atom. The third-order valence-electron chi connectivity index (χ3n) is 3.02. The van der Waals surface area contributed by atoms with Crippen LogP contribution in [0.25, 0.3) is 0 Å². The van der Waals surface area contributed by atoms with E-state index in [0.717, 1.165) is 6.08 Å². The molecule has 0 saturated carbocycles. The lowest BCUT2D eigenvalue weighted by molar-refractivity contribution is -0.131. The summed E-state index contributed by atoms with van der Waals surface area (Å²) in [7, 11) is 0. The van der Waals surface area contributed by atoms with Crippen molar-refractivity contribution in [2.75, 3.05) is 6.61 Å². The van der Waals surface area contributed by atoms with Gasteiger partial charge in [-0.2, -0.15) is 0 Å². The Balaban J connectivity index is 2.52. The molecule has 2 rings (SSSR count). The van der Waals surface area contributed by atoms with Crippen LogP contribution in [-0.4, -0.2) is 18.4 Å². The largest absolute Gasteiger partial charge is 0.493 e. The maximum atomic E-state index is 11.8. The minimum Gasteiger partial charge on any atom is -0.493 e. The topological polar surface area (TPSA) is 81.4 Å². The fraction of sp³-hybridized carbons (Fsp3) is 0.231. The predicted molar refractivity (Wildman–Crippen MR) is 65.8 cm³/mol. The van der Waals surface area contributed by atoms with Crippen LogP contribution in [0, 0.1) is 0 Å². The summed E-state index contributed by atoms with van der Waals surface area (Å²) < 4.78 is 5.46. The quantitative estimate of drug-likeness (QED) is 0.760. The number of carbonyl (C=O) groups excluding carboxylic acids is 2. The van der Waals surface area contributed by atoms with E-state index in [1.807, 2.05) is 0 Å². The van der Waals surface area contributed by atoms with Crippen molar-refractivity contribution in [1.29, 1.82) is 0 Å². The van der Waals surface area contributed by atoms with E-state index in [4.69, 9.17) is 10.5 Å². The molecule has 5 heteroatoms. The van der Waals surface area contributed by atoms with Crippen LogP contribution in [0.2, 0.25) is 0 Å². The van der Waals surface area contributed by atoms with Crippen molar-refractivity contribution in [2.24, 2.45) is 5.73 Å². The minimum absolute atomic E-state index is 0.304. The Kier molecular flexibility index (Phi) is 3.06.